The van der Waals surface area contributed by atoms with Gasteiger partial charge in [-0.3, -0.25) is 29.3 Å². The summed E-state index contributed by atoms with van der Waals surface area (Å²) in [7, 11) is 0. The Morgan fingerprint density at radius 2 is 1.93 bits per heavy atom. The molecule has 2 aliphatic heterocycles. The van der Waals surface area contributed by atoms with E-state index in [1.807, 2.05) is 24.3 Å². The lowest BCUT2D eigenvalue weighted by atomic mass is 9.83. The SMILES string of the molecule is CC(=O)N[C@@H](CCCc1cccc2c1CN(C1CCC(=O)NC1=O)C2=O)C(=O)/N=C\C1CCCc2ccccc21. The molecule has 2 N–H and O–H groups in total. The Kier molecular flexibility index (Phi) is 8.19. The van der Waals surface area contributed by atoms with Crippen LogP contribution in [0.25, 0.3) is 0 Å². The number of imide groups is 1. The monoisotopic (exact) mass is 542 g/mol. The Hall–Kier alpha value is -4.14. The van der Waals surface area contributed by atoms with Crippen molar-refractivity contribution in [1.82, 2.24) is 15.5 Å². The van der Waals surface area contributed by atoms with Crippen molar-refractivity contribution >= 4 is 35.8 Å². The molecule has 1 fully saturated rings. The lowest BCUT2D eigenvalue weighted by molar-refractivity contribution is -0.137. The van der Waals surface area contributed by atoms with Gasteiger partial charge in [-0.05, 0) is 73.3 Å². The van der Waals surface area contributed by atoms with E-state index in [4.69, 9.17) is 0 Å². The molecule has 2 aromatic rings. The Balaban J connectivity index is 1.23. The van der Waals surface area contributed by atoms with E-state index in [-0.39, 0.29) is 36.0 Å². The first-order valence-electron chi connectivity index (χ1n) is 14.0. The molecular formula is C31H34N4O5. The number of nitrogens with zero attached hydrogens (tertiary/aromatic N) is 2. The van der Waals surface area contributed by atoms with Gasteiger partial charge in [0.15, 0.2) is 0 Å². The minimum atomic E-state index is -0.731. The summed E-state index contributed by atoms with van der Waals surface area (Å²) in [5, 5.41) is 5.08. The summed E-state index contributed by atoms with van der Waals surface area (Å²) in [6, 6.07) is 12.4. The predicted molar refractivity (Wildman–Crippen MR) is 149 cm³/mol. The van der Waals surface area contributed by atoms with Crippen molar-refractivity contribution in [3.63, 3.8) is 0 Å². The van der Waals surface area contributed by atoms with Gasteiger partial charge in [0.05, 0.1) is 0 Å². The summed E-state index contributed by atoms with van der Waals surface area (Å²) in [6.45, 7) is 1.69. The van der Waals surface area contributed by atoms with E-state index in [1.165, 1.54) is 23.0 Å². The molecule has 40 heavy (non-hydrogen) atoms. The highest BCUT2D eigenvalue weighted by Crippen LogP contribution is 2.31. The van der Waals surface area contributed by atoms with E-state index in [0.717, 1.165) is 30.4 Å². The number of carbonyl (C=O) groups is 5. The normalized spacial score (nSPS) is 21.1. The fourth-order valence-corrected chi connectivity index (χ4v) is 6.08. The van der Waals surface area contributed by atoms with Crippen molar-refractivity contribution in [3.05, 3.63) is 70.3 Å². The zero-order valence-electron chi connectivity index (χ0n) is 22.7. The Morgan fingerprint density at radius 1 is 1.10 bits per heavy atom. The van der Waals surface area contributed by atoms with Crippen molar-refractivity contribution < 1.29 is 24.0 Å². The van der Waals surface area contributed by atoms with Crippen molar-refractivity contribution in [2.75, 3.05) is 0 Å². The molecule has 2 aromatic carbocycles. The van der Waals surface area contributed by atoms with Gasteiger partial charge < -0.3 is 10.2 Å². The van der Waals surface area contributed by atoms with Crippen LogP contribution in [0.15, 0.2) is 47.5 Å². The molecule has 3 atom stereocenters. The van der Waals surface area contributed by atoms with Crippen LogP contribution in [0.1, 0.15) is 84.0 Å². The fraction of sp³-hybridized carbons (Fsp3) is 0.419. The van der Waals surface area contributed by atoms with Crippen LogP contribution >= 0.6 is 0 Å². The first kappa shape index (κ1) is 27.4. The fourth-order valence-electron chi connectivity index (χ4n) is 6.08. The topological polar surface area (TPSA) is 125 Å². The molecule has 0 spiro atoms. The Morgan fingerprint density at radius 3 is 2.73 bits per heavy atom. The summed E-state index contributed by atoms with van der Waals surface area (Å²) in [5.74, 6) is -1.53. The van der Waals surface area contributed by atoms with E-state index in [0.29, 0.717) is 37.8 Å². The second-order valence-corrected chi connectivity index (χ2v) is 10.8. The van der Waals surface area contributed by atoms with Crippen molar-refractivity contribution in [2.24, 2.45) is 4.99 Å². The Labute approximate surface area is 233 Å². The number of amides is 5. The van der Waals surface area contributed by atoms with Gasteiger partial charge in [-0.2, -0.15) is 0 Å². The van der Waals surface area contributed by atoms with Crippen LogP contribution in [0, 0.1) is 0 Å². The molecule has 2 heterocycles. The lowest BCUT2D eigenvalue weighted by Gasteiger charge is -2.29. The number of piperidine rings is 1. The number of hydrogen-bond donors (Lipinski definition) is 2. The third-order valence-electron chi connectivity index (χ3n) is 8.09. The van der Waals surface area contributed by atoms with E-state index in [2.05, 4.69) is 27.8 Å². The van der Waals surface area contributed by atoms with Gasteiger partial charge >= 0.3 is 0 Å². The third kappa shape index (κ3) is 5.88. The number of benzene rings is 2. The summed E-state index contributed by atoms with van der Waals surface area (Å²) in [5.41, 5.74) is 4.90. The first-order valence-corrected chi connectivity index (χ1v) is 14.0. The van der Waals surface area contributed by atoms with E-state index >= 15 is 0 Å². The summed E-state index contributed by atoms with van der Waals surface area (Å²) in [4.78, 5) is 67.8. The molecule has 3 aliphatic rings. The molecule has 0 saturated carbocycles. The molecule has 1 aliphatic carbocycles. The minimum absolute atomic E-state index is 0.0867. The highest BCUT2D eigenvalue weighted by Gasteiger charge is 2.39. The summed E-state index contributed by atoms with van der Waals surface area (Å²) < 4.78 is 0. The molecule has 9 nitrogen and oxygen atoms in total. The molecule has 0 radical (unpaired) electrons. The Bertz CT molecular complexity index is 1380. The largest absolute Gasteiger partial charge is 0.344 e. The van der Waals surface area contributed by atoms with Gasteiger partial charge in [0, 0.05) is 37.6 Å². The average molecular weight is 543 g/mol. The van der Waals surface area contributed by atoms with E-state index in [9.17, 15) is 24.0 Å². The molecule has 5 amide bonds. The summed E-state index contributed by atoms with van der Waals surface area (Å²) in [6.07, 6.45) is 6.87. The number of carbonyl (C=O) groups excluding carboxylic acids is 5. The number of nitrogens with one attached hydrogen (secondary N) is 2. The van der Waals surface area contributed by atoms with Gasteiger partial charge in [0.25, 0.3) is 11.8 Å². The molecule has 9 heteroatoms. The van der Waals surface area contributed by atoms with Crippen LogP contribution in [0.3, 0.4) is 0 Å². The smallest absolute Gasteiger partial charge is 0.267 e. The zero-order valence-corrected chi connectivity index (χ0v) is 22.7. The standard InChI is InChI=1S/C31H34N4O5/c1-19(36)33-26(29(38)32-17-22-11-4-8-20-7-2-3-12-23(20)22)14-6-10-21-9-5-13-24-25(21)18-35(31(24)40)27-15-16-28(37)34-30(27)39/h2-3,5,7,9,12-13,17,22,26-27H,4,6,8,10-11,14-16,18H2,1H3,(H,33,36)(H,34,37,39)/b32-17-/t22?,26-,27?/m0/s1. The van der Waals surface area contributed by atoms with E-state index < -0.39 is 18.0 Å². The third-order valence-corrected chi connectivity index (χ3v) is 8.09. The maximum atomic E-state index is 13.1. The van der Waals surface area contributed by atoms with Crippen LogP contribution < -0.4 is 10.6 Å². The number of hydrogen-bond acceptors (Lipinski definition) is 5. The highest BCUT2D eigenvalue weighted by atomic mass is 16.2. The average Bonchev–Trinajstić information content (AvgIpc) is 3.27. The number of fused-ring (bicyclic) bond motifs is 2. The molecule has 208 valence electrons. The van der Waals surface area contributed by atoms with Gasteiger partial charge in [-0.15, -0.1) is 0 Å². The second kappa shape index (κ2) is 11.9. The van der Waals surface area contributed by atoms with Crippen LogP contribution in [0.4, 0.5) is 0 Å². The molecule has 2 unspecified atom stereocenters. The predicted octanol–water partition coefficient (Wildman–Crippen LogP) is 2.99. The van der Waals surface area contributed by atoms with Gasteiger partial charge in [0.2, 0.25) is 17.7 Å². The molecule has 0 aromatic heterocycles. The maximum Gasteiger partial charge on any atom is 0.267 e. The molecule has 1 saturated heterocycles. The van der Waals surface area contributed by atoms with Crippen LogP contribution in [-0.2, 0) is 38.6 Å². The van der Waals surface area contributed by atoms with Crippen molar-refractivity contribution in [2.45, 2.75) is 82.8 Å². The maximum absolute atomic E-state index is 13.1. The molecule has 0 bridgehead atoms. The second-order valence-electron chi connectivity index (χ2n) is 10.8. The van der Waals surface area contributed by atoms with Crippen LogP contribution in [-0.4, -0.2) is 52.7 Å². The van der Waals surface area contributed by atoms with Crippen LogP contribution in [0.2, 0.25) is 0 Å². The van der Waals surface area contributed by atoms with Crippen molar-refractivity contribution in [1.29, 1.82) is 0 Å². The van der Waals surface area contributed by atoms with Gasteiger partial charge in [-0.1, -0.05) is 36.4 Å². The first-order chi connectivity index (χ1) is 19.3. The van der Waals surface area contributed by atoms with Crippen molar-refractivity contribution in [3.8, 4) is 0 Å². The zero-order chi connectivity index (χ0) is 28.2. The van der Waals surface area contributed by atoms with Crippen LogP contribution in [0.5, 0.6) is 0 Å². The lowest BCUT2D eigenvalue weighted by Crippen LogP contribution is -2.52. The number of aliphatic imine (C=N–C) groups is 1. The van der Waals surface area contributed by atoms with Gasteiger partial charge in [0.1, 0.15) is 12.1 Å². The quantitative estimate of drug-likeness (QED) is 0.392. The van der Waals surface area contributed by atoms with E-state index in [1.54, 1.807) is 12.3 Å². The molecule has 5 rings (SSSR count). The highest BCUT2D eigenvalue weighted by molar-refractivity contribution is 6.05. The summed E-state index contributed by atoms with van der Waals surface area (Å²) >= 11 is 0. The number of aryl methyl sites for hydroxylation is 2. The minimum Gasteiger partial charge on any atom is -0.344 e. The molecular weight excluding hydrogens is 508 g/mol. The number of rotatable bonds is 8. The van der Waals surface area contributed by atoms with Gasteiger partial charge in [-0.25, -0.2) is 4.99 Å².